The fourth-order valence-corrected chi connectivity index (χ4v) is 1.63. The number of nitrogens with zero attached hydrogens (tertiary/aromatic N) is 2. The first-order valence-electron chi connectivity index (χ1n) is 6.44. The summed E-state index contributed by atoms with van der Waals surface area (Å²) in [7, 11) is 0. The van der Waals surface area contributed by atoms with Gasteiger partial charge in [-0.3, -0.25) is 0 Å². The molecule has 0 aliphatic heterocycles. The van der Waals surface area contributed by atoms with Crippen molar-refractivity contribution in [3.8, 4) is 11.4 Å². The molecule has 0 saturated carbocycles. The van der Waals surface area contributed by atoms with E-state index in [0.29, 0.717) is 18.1 Å². The minimum Gasteiger partial charge on any atom is -0.392 e. The first-order valence-corrected chi connectivity index (χ1v) is 6.44. The molecular formula is C15H20N2O2. The lowest BCUT2D eigenvalue weighted by molar-refractivity contribution is 0.0565. The molecule has 2 aromatic rings. The largest absolute Gasteiger partial charge is 0.392 e. The summed E-state index contributed by atoms with van der Waals surface area (Å²) in [5, 5.41) is 14.0. The van der Waals surface area contributed by atoms with E-state index in [2.05, 4.69) is 10.1 Å². The van der Waals surface area contributed by atoms with E-state index in [9.17, 15) is 5.11 Å². The SMILES string of the molecule is Cc1ccc(-c2noc(CC(O)C(C)(C)C)n2)cc1. The van der Waals surface area contributed by atoms with Gasteiger partial charge in [-0.05, 0) is 12.3 Å². The molecule has 1 atom stereocenters. The van der Waals surface area contributed by atoms with Crippen LogP contribution in [0.5, 0.6) is 0 Å². The van der Waals surface area contributed by atoms with Crippen molar-refractivity contribution in [3.63, 3.8) is 0 Å². The third-order valence-electron chi connectivity index (χ3n) is 3.15. The summed E-state index contributed by atoms with van der Waals surface area (Å²) in [4.78, 5) is 4.33. The molecule has 0 bridgehead atoms. The van der Waals surface area contributed by atoms with Gasteiger partial charge in [-0.15, -0.1) is 0 Å². The van der Waals surface area contributed by atoms with Gasteiger partial charge in [0.2, 0.25) is 11.7 Å². The van der Waals surface area contributed by atoms with E-state index in [-0.39, 0.29) is 5.41 Å². The zero-order valence-electron chi connectivity index (χ0n) is 11.8. The average molecular weight is 260 g/mol. The number of aliphatic hydroxyl groups is 1. The molecule has 0 spiro atoms. The molecule has 1 unspecified atom stereocenters. The van der Waals surface area contributed by atoms with Gasteiger partial charge in [0.25, 0.3) is 0 Å². The smallest absolute Gasteiger partial charge is 0.229 e. The monoisotopic (exact) mass is 260 g/mol. The van der Waals surface area contributed by atoms with Crippen molar-refractivity contribution < 1.29 is 9.63 Å². The molecule has 4 nitrogen and oxygen atoms in total. The molecule has 1 N–H and O–H groups in total. The Labute approximate surface area is 113 Å². The molecule has 19 heavy (non-hydrogen) atoms. The summed E-state index contributed by atoms with van der Waals surface area (Å²) in [6.45, 7) is 7.98. The number of aliphatic hydroxyl groups excluding tert-OH is 1. The van der Waals surface area contributed by atoms with Crippen molar-refractivity contribution in [2.45, 2.75) is 40.2 Å². The van der Waals surface area contributed by atoms with Gasteiger partial charge in [0.15, 0.2) is 0 Å². The quantitative estimate of drug-likeness (QED) is 0.921. The van der Waals surface area contributed by atoms with Crippen LogP contribution in [0, 0.1) is 12.3 Å². The lowest BCUT2D eigenvalue weighted by atomic mass is 9.87. The van der Waals surface area contributed by atoms with Crippen molar-refractivity contribution in [1.29, 1.82) is 0 Å². The molecule has 2 rings (SSSR count). The molecule has 4 heteroatoms. The van der Waals surface area contributed by atoms with Crippen molar-refractivity contribution >= 4 is 0 Å². The van der Waals surface area contributed by atoms with Gasteiger partial charge in [-0.25, -0.2) is 0 Å². The molecule has 0 amide bonds. The molecule has 0 aliphatic rings. The zero-order valence-corrected chi connectivity index (χ0v) is 11.8. The Morgan fingerprint density at radius 2 is 1.84 bits per heavy atom. The van der Waals surface area contributed by atoms with Gasteiger partial charge in [0, 0.05) is 5.56 Å². The van der Waals surface area contributed by atoms with Crippen molar-refractivity contribution in [1.82, 2.24) is 10.1 Å². The number of aryl methyl sites for hydroxylation is 1. The maximum absolute atomic E-state index is 10.0. The Morgan fingerprint density at radius 1 is 1.21 bits per heavy atom. The standard InChI is InChI=1S/C15H20N2O2/c1-10-5-7-11(8-6-10)14-16-13(19-17-14)9-12(18)15(2,3)4/h5-8,12,18H,9H2,1-4H3. The molecule has 0 fully saturated rings. The van der Waals surface area contributed by atoms with Crippen LogP contribution in [0.15, 0.2) is 28.8 Å². The summed E-state index contributed by atoms with van der Waals surface area (Å²) in [6, 6.07) is 7.94. The lowest BCUT2D eigenvalue weighted by Crippen LogP contribution is -2.28. The van der Waals surface area contributed by atoms with Gasteiger partial charge in [0.05, 0.1) is 12.5 Å². The number of benzene rings is 1. The summed E-state index contributed by atoms with van der Waals surface area (Å²) in [6.07, 6.45) is -0.124. The van der Waals surface area contributed by atoms with Crippen LogP contribution in [0.1, 0.15) is 32.2 Å². The fourth-order valence-electron chi connectivity index (χ4n) is 1.63. The molecule has 0 radical (unpaired) electrons. The van der Waals surface area contributed by atoms with Crippen LogP contribution in [0.3, 0.4) is 0 Å². The maximum atomic E-state index is 10.0. The van der Waals surface area contributed by atoms with Crippen molar-refractivity contribution in [3.05, 3.63) is 35.7 Å². The van der Waals surface area contributed by atoms with Crippen LogP contribution in [-0.2, 0) is 6.42 Å². The summed E-state index contributed by atoms with van der Waals surface area (Å²) >= 11 is 0. The normalized spacial score (nSPS) is 13.5. The molecule has 102 valence electrons. The second-order valence-corrected chi connectivity index (χ2v) is 5.96. The van der Waals surface area contributed by atoms with Gasteiger partial charge < -0.3 is 9.63 Å². The number of rotatable bonds is 3. The van der Waals surface area contributed by atoms with Crippen LogP contribution in [-0.4, -0.2) is 21.4 Å². The van der Waals surface area contributed by atoms with E-state index in [1.807, 2.05) is 52.0 Å². The predicted molar refractivity (Wildman–Crippen MR) is 73.6 cm³/mol. The summed E-state index contributed by atoms with van der Waals surface area (Å²) < 4.78 is 5.19. The topological polar surface area (TPSA) is 59.2 Å². The predicted octanol–water partition coefficient (Wildman–Crippen LogP) is 2.99. The third kappa shape index (κ3) is 3.41. The highest BCUT2D eigenvalue weighted by atomic mass is 16.5. The number of aromatic nitrogens is 2. The highest BCUT2D eigenvalue weighted by molar-refractivity contribution is 5.54. The minimum absolute atomic E-state index is 0.196. The van der Waals surface area contributed by atoms with Crippen molar-refractivity contribution in [2.75, 3.05) is 0 Å². The Bertz CT molecular complexity index is 538. The van der Waals surface area contributed by atoms with E-state index in [1.165, 1.54) is 5.56 Å². The number of hydrogen-bond acceptors (Lipinski definition) is 4. The number of hydrogen-bond donors (Lipinski definition) is 1. The highest BCUT2D eigenvalue weighted by Crippen LogP contribution is 2.23. The molecular weight excluding hydrogens is 240 g/mol. The Kier molecular flexibility index (Phi) is 3.71. The van der Waals surface area contributed by atoms with Crippen LogP contribution < -0.4 is 0 Å². The van der Waals surface area contributed by atoms with E-state index in [0.717, 1.165) is 5.56 Å². The Hall–Kier alpha value is -1.68. The Balaban J connectivity index is 2.13. The highest BCUT2D eigenvalue weighted by Gasteiger charge is 2.24. The first-order chi connectivity index (χ1) is 8.86. The van der Waals surface area contributed by atoms with Gasteiger partial charge in [-0.2, -0.15) is 4.98 Å². The van der Waals surface area contributed by atoms with Gasteiger partial charge >= 0.3 is 0 Å². The molecule has 1 heterocycles. The second-order valence-electron chi connectivity index (χ2n) is 5.96. The molecule has 0 saturated heterocycles. The lowest BCUT2D eigenvalue weighted by Gasteiger charge is -2.24. The van der Waals surface area contributed by atoms with E-state index >= 15 is 0 Å². The second kappa shape index (κ2) is 5.13. The summed E-state index contributed by atoms with van der Waals surface area (Å²) in [5.74, 6) is 1.04. The van der Waals surface area contributed by atoms with Crippen LogP contribution in [0.25, 0.3) is 11.4 Å². The maximum Gasteiger partial charge on any atom is 0.229 e. The molecule has 0 aliphatic carbocycles. The van der Waals surface area contributed by atoms with E-state index < -0.39 is 6.10 Å². The van der Waals surface area contributed by atoms with E-state index in [4.69, 9.17) is 4.52 Å². The Morgan fingerprint density at radius 3 is 2.42 bits per heavy atom. The first kappa shape index (κ1) is 13.7. The van der Waals surface area contributed by atoms with Crippen LogP contribution in [0.2, 0.25) is 0 Å². The van der Waals surface area contributed by atoms with Crippen LogP contribution >= 0.6 is 0 Å². The summed E-state index contributed by atoms with van der Waals surface area (Å²) in [5.41, 5.74) is 1.92. The molecule has 1 aromatic carbocycles. The third-order valence-corrected chi connectivity index (χ3v) is 3.15. The average Bonchev–Trinajstić information content (AvgIpc) is 2.77. The molecule has 1 aromatic heterocycles. The van der Waals surface area contributed by atoms with Gasteiger partial charge in [0.1, 0.15) is 0 Å². The van der Waals surface area contributed by atoms with Crippen LogP contribution in [0.4, 0.5) is 0 Å². The fraction of sp³-hybridized carbons (Fsp3) is 0.467. The zero-order chi connectivity index (χ0) is 14.0. The van der Waals surface area contributed by atoms with E-state index in [1.54, 1.807) is 0 Å². The minimum atomic E-state index is -0.501. The van der Waals surface area contributed by atoms with Gasteiger partial charge in [-0.1, -0.05) is 55.8 Å². The van der Waals surface area contributed by atoms with Crippen molar-refractivity contribution in [2.24, 2.45) is 5.41 Å².